The van der Waals surface area contributed by atoms with Crippen molar-refractivity contribution in [3.8, 4) is 12.3 Å². The maximum atomic E-state index is 11.2. The quantitative estimate of drug-likeness (QED) is 0.192. The summed E-state index contributed by atoms with van der Waals surface area (Å²) in [7, 11) is 0. The molecule has 4 aromatic heterocycles. The molecular formula is C31H36ClN9O2. The fourth-order valence-corrected chi connectivity index (χ4v) is 4.36. The van der Waals surface area contributed by atoms with Gasteiger partial charge in [0.1, 0.15) is 5.82 Å². The molecule has 0 unspecified atom stereocenters. The number of H-pyrrole nitrogens is 1. The molecule has 4 N–H and O–H groups in total. The SMILES string of the molecule is C.C#CC.N[C@H](CNc1nc(N2CCOCC2)nc2cnccc12)Cc1ccccc1.O=c1[nH]c(Cl)nc2cnccc12. The van der Waals surface area contributed by atoms with Crippen molar-refractivity contribution >= 4 is 45.2 Å². The Labute approximate surface area is 255 Å². The van der Waals surface area contributed by atoms with Gasteiger partial charge in [-0.25, -0.2) is 9.97 Å². The van der Waals surface area contributed by atoms with E-state index in [4.69, 9.17) is 27.1 Å². The van der Waals surface area contributed by atoms with Gasteiger partial charge in [0.15, 0.2) is 0 Å². The van der Waals surface area contributed by atoms with Gasteiger partial charge in [-0.1, -0.05) is 37.8 Å². The predicted octanol–water partition coefficient (Wildman–Crippen LogP) is 4.09. The van der Waals surface area contributed by atoms with Gasteiger partial charge in [-0.3, -0.25) is 19.7 Å². The number of halogens is 1. The van der Waals surface area contributed by atoms with Gasteiger partial charge < -0.3 is 20.7 Å². The van der Waals surface area contributed by atoms with Crippen LogP contribution in [-0.2, 0) is 11.2 Å². The Hall–Kier alpha value is -4.63. The minimum absolute atomic E-state index is 0. The third kappa shape index (κ3) is 9.44. The van der Waals surface area contributed by atoms with Gasteiger partial charge in [0, 0.05) is 43.5 Å². The summed E-state index contributed by atoms with van der Waals surface area (Å²) in [5, 5.41) is 4.96. The Morgan fingerprint density at radius 2 is 1.67 bits per heavy atom. The minimum atomic E-state index is -0.243. The average Bonchev–Trinajstić information content (AvgIpc) is 3.01. The Morgan fingerprint density at radius 3 is 2.35 bits per heavy atom. The third-order valence-electron chi connectivity index (χ3n) is 6.13. The number of hydrogen-bond donors (Lipinski definition) is 3. The molecule has 0 bridgehead atoms. The van der Waals surface area contributed by atoms with Crippen molar-refractivity contribution in [3.05, 3.63) is 88.5 Å². The lowest BCUT2D eigenvalue weighted by Crippen LogP contribution is -2.37. The van der Waals surface area contributed by atoms with Crippen LogP contribution in [-0.4, -0.2) is 68.8 Å². The summed E-state index contributed by atoms with van der Waals surface area (Å²) in [6, 6.07) is 13.8. The molecule has 0 saturated carbocycles. The molecule has 1 aliphatic heterocycles. The molecule has 1 fully saturated rings. The summed E-state index contributed by atoms with van der Waals surface area (Å²) in [6.45, 7) is 5.25. The third-order valence-corrected chi connectivity index (χ3v) is 6.31. The first kappa shape index (κ1) is 32.9. The molecule has 0 aliphatic carbocycles. The molecule has 1 atom stereocenters. The number of aromatic amines is 1. The monoisotopic (exact) mass is 601 g/mol. The number of hydrogen-bond acceptors (Lipinski definition) is 10. The smallest absolute Gasteiger partial charge is 0.259 e. The molecule has 43 heavy (non-hydrogen) atoms. The van der Waals surface area contributed by atoms with Crippen LogP contribution in [0.4, 0.5) is 11.8 Å². The lowest BCUT2D eigenvalue weighted by Gasteiger charge is -2.27. The van der Waals surface area contributed by atoms with Gasteiger partial charge in [0.25, 0.3) is 5.56 Å². The normalized spacial score (nSPS) is 12.9. The first-order valence-corrected chi connectivity index (χ1v) is 13.7. The molecule has 1 aliphatic rings. The van der Waals surface area contributed by atoms with Crippen molar-refractivity contribution in [1.82, 2.24) is 29.9 Å². The molecular weight excluding hydrogens is 566 g/mol. The zero-order valence-electron chi connectivity index (χ0n) is 23.2. The number of anilines is 2. The highest BCUT2D eigenvalue weighted by Crippen LogP contribution is 2.23. The maximum Gasteiger partial charge on any atom is 0.259 e. The van der Waals surface area contributed by atoms with Crippen LogP contribution in [0.1, 0.15) is 19.9 Å². The van der Waals surface area contributed by atoms with Gasteiger partial charge >= 0.3 is 0 Å². The zero-order valence-corrected chi connectivity index (χ0v) is 24.0. The highest BCUT2D eigenvalue weighted by molar-refractivity contribution is 6.28. The molecule has 224 valence electrons. The summed E-state index contributed by atoms with van der Waals surface area (Å²) in [6.07, 6.45) is 12.0. The molecule has 1 aromatic carbocycles. The van der Waals surface area contributed by atoms with E-state index < -0.39 is 0 Å². The molecule has 6 rings (SSSR count). The standard InChI is InChI=1S/C20H24N6O.C7H4ClN3O.C3H4.CH4/c21-16(12-15-4-2-1-3-5-15)13-23-19-17-6-7-22-14-18(17)24-20(25-19)26-8-10-27-11-9-26;8-7-10-5-3-9-2-1-4(5)6(12)11-7;1-3-2;/h1-7,14,16H,8-13,21H2,(H,23,24,25);1-3H,(H,10,11,12);1H,2H3;1H4/t16-;;;/m0.../s1. The largest absolute Gasteiger partial charge is 0.378 e. The van der Waals surface area contributed by atoms with Gasteiger partial charge in [0.05, 0.1) is 42.0 Å². The van der Waals surface area contributed by atoms with Crippen LogP contribution >= 0.6 is 11.6 Å². The number of fused-ring (bicyclic) bond motifs is 2. The maximum absolute atomic E-state index is 11.2. The van der Waals surface area contributed by atoms with Crippen molar-refractivity contribution in [1.29, 1.82) is 0 Å². The van der Waals surface area contributed by atoms with Crippen molar-refractivity contribution in [2.45, 2.75) is 26.8 Å². The summed E-state index contributed by atoms with van der Waals surface area (Å²) < 4.78 is 5.43. The highest BCUT2D eigenvalue weighted by atomic mass is 35.5. The number of pyridine rings is 2. The number of rotatable bonds is 6. The Balaban J connectivity index is 0.000000264. The van der Waals surface area contributed by atoms with Crippen molar-refractivity contribution < 1.29 is 4.74 Å². The fraction of sp³-hybridized carbons (Fsp3) is 0.290. The highest BCUT2D eigenvalue weighted by Gasteiger charge is 2.17. The van der Waals surface area contributed by atoms with Crippen LogP contribution in [0.5, 0.6) is 0 Å². The molecule has 0 spiro atoms. The summed E-state index contributed by atoms with van der Waals surface area (Å²) in [5.74, 6) is 3.75. The van der Waals surface area contributed by atoms with E-state index in [9.17, 15) is 4.79 Å². The van der Waals surface area contributed by atoms with Crippen molar-refractivity contribution in [2.24, 2.45) is 5.73 Å². The molecule has 5 heterocycles. The zero-order chi connectivity index (χ0) is 29.7. The van der Waals surface area contributed by atoms with E-state index in [0.29, 0.717) is 36.6 Å². The van der Waals surface area contributed by atoms with Crippen LogP contribution in [0, 0.1) is 12.3 Å². The second-order valence-electron chi connectivity index (χ2n) is 9.23. The molecule has 1 saturated heterocycles. The summed E-state index contributed by atoms with van der Waals surface area (Å²) >= 11 is 5.53. The number of ether oxygens (including phenoxy) is 1. The van der Waals surface area contributed by atoms with Crippen LogP contribution in [0.15, 0.2) is 72.0 Å². The molecule has 0 radical (unpaired) electrons. The number of nitrogens with zero attached hydrogens (tertiary/aromatic N) is 6. The minimum Gasteiger partial charge on any atom is -0.378 e. The van der Waals surface area contributed by atoms with E-state index in [1.54, 1.807) is 25.4 Å². The van der Waals surface area contributed by atoms with E-state index in [2.05, 4.69) is 59.6 Å². The van der Waals surface area contributed by atoms with Crippen LogP contribution < -0.4 is 21.5 Å². The first-order valence-electron chi connectivity index (χ1n) is 13.3. The number of aromatic nitrogens is 6. The molecule has 12 heteroatoms. The summed E-state index contributed by atoms with van der Waals surface area (Å²) in [5.41, 5.74) is 8.66. The van der Waals surface area contributed by atoms with Gasteiger partial charge in [-0.05, 0) is 42.6 Å². The van der Waals surface area contributed by atoms with E-state index in [0.717, 1.165) is 36.2 Å². The second kappa shape index (κ2) is 16.7. The van der Waals surface area contributed by atoms with Gasteiger partial charge in [-0.15, -0.1) is 12.3 Å². The van der Waals surface area contributed by atoms with Crippen LogP contribution in [0.2, 0.25) is 5.28 Å². The lowest BCUT2D eigenvalue weighted by molar-refractivity contribution is 0.122. The molecule has 11 nitrogen and oxygen atoms in total. The number of nitrogens with two attached hydrogens (primary N) is 1. The topological polar surface area (TPSA) is 148 Å². The molecule has 0 amide bonds. The summed E-state index contributed by atoms with van der Waals surface area (Å²) in [4.78, 5) is 37.1. The predicted molar refractivity (Wildman–Crippen MR) is 173 cm³/mol. The van der Waals surface area contributed by atoms with E-state index in [-0.39, 0.29) is 24.3 Å². The lowest BCUT2D eigenvalue weighted by atomic mass is 10.1. The van der Waals surface area contributed by atoms with E-state index in [1.807, 2.05) is 24.3 Å². The Morgan fingerprint density at radius 1 is 1.05 bits per heavy atom. The van der Waals surface area contributed by atoms with E-state index >= 15 is 0 Å². The number of benzene rings is 1. The average molecular weight is 602 g/mol. The van der Waals surface area contributed by atoms with Gasteiger partial charge in [-0.2, -0.15) is 4.98 Å². The number of terminal acetylenes is 1. The fourth-order valence-electron chi connectivity index (χ4n) is 4.19. The van der Waals surface area contributed by atoms with E-state index in [1.165, 1.54) is 18.0 Å². The van der Waals surface area contributed by atoms with Crippen LogP contribution in [0.25, 0.3) is 21.8 Å². The van der Waals surface area contributed by atoms with Crippen molar-refractivity contribution in [2.75, 3.05) is 43.1 Å². The first-order chi connectivity index (χ1) is 20.5. The Kier molecular flexibility index (Phi) is 12.8. The second-order valence-corrected chi connectivity index (χ2v) is 9.59. The number of morpholine rings is 1. The van der Waals surface area contributed by atoms with Gasteiger partial charge in [0.2, 0.25) is 11.2 Å². The van der Waals surface area contributed by atoms with Crippen LogP contribution in [0.3, 0.4) is 0 Å². The Bertz CT molecular complexity index is 1690. The number of nitrogens with one attached hydrogen (secondary N) is 2. The molecule has 5 aromatic rings. The van der Waals surface area contributed by atoms with Crippen molar-refractivity contribution in [3.63, 3.8) is 0 Å².